The van der Waals surface area contributed by atoms with E-state index in [-0.39, 0.29) is 5.78 Å². The first-order chi connectivity index (χ1) is 11.1. The van der Waals surface area contributed by atoms with Gasteiger partial charge in [0.25, 0.3) is 0 Å². The van der Waals surface area contributed by atoms with Crippen molar-refractivity contribution in [2.24, 2.45) is 0 Å². The SMILES string of the molecule is CCCCn1c(C)cc2cc(C(=O)c3ccc(OC)cc3)sc21. The first kappa shape index (κ1) is 15.8. The summed E-state index contributed by atoms with van der Waals surface area (Å²) >= 11 is 1.59. The largest absolute Gasteiger partial charge is 0.497 e. The minimum absolute atomic E-state index is 0.0774. The fraction of sp³-hybridized carbons (Fsp3) is 0.316. The number of aryl methyl sites for hydroxylation is 2. The van der Waals surface area contributed by atoms with Crippen LogP contribution in [0.4, 0.5) is 0 Å². The molecule has 0 bridgehead atoms. The molecule has 2 aromatic heterocycles. The van der Waals surface area contributed by atoms with Gasteiger partial charge in [0.1, 0.15) is 10.6 Å². The van der Waals surface area contributed by atoms with Crippen LogP contribution in [0.25, 0.3) is 10.2 Å². The highest BCUT2D eigenvalue weighted by Gasteiger charge is 2.16. The minimum Gasteiger partial charge on any atom is -0.497 e. The second-order valence-corrected chi connectivity index (χ2v) is 6.75. The summed E-state index contributed by atoms with van der Waals surface area (Å²) in [5.74, 6) is 0.841. The molecule has 0 spiro atoms. The third kappa shape index (κ3) is 3.04. The Balaban J connectivity index is 1.93. The van der Waals surface area contributed by atoms with Gasteiger partial charge in [0.15, 0.2) is 0 Å². The third-order valence-electron chi connectivity index (χ3n) is 4.09. The Hall–Kier alpha value is -2.07. The number of thiophene rings is 1. The molecule has 4 heteroatoms. The third-order valence-corrected chi connectivity index (χ3v) is 5.26. The molecule has 120 valence electrons. The molecule has 0 aliphatic carbocycles. The van der Waals surface area contributed by atoms with Crippen molar-refractivity contribution in [3.63, 3.8) is 0 Å². The van der Waals surface area contributed by atoms with Gasteiger partial charge in [-0.05, 0) is 49.7 Å². The molecule has 0 amide bonds. The molecule has 1 aromatic carbocycles. The van der Waals surface area contributed by atoms with Gasteiger partial charge in [0.2, 0.25) is 5.78 Å². The van der Waals surface area contributed by atoms with E-state index in [1.807, 2.05) is 30.3 Å². The summed E-state index contributed by atoms with van der Waals surface area (Å²) in [5, 5.41) is 1.17. The lowest BCUT2D eigenvalue weighted by atomic mass is 10.1. The maximum absolute atomic E-state index is 12.7. The number of benzene rings is 1. The van der Waals surface area contributed by atoms with Gasteiger partial charge in [-0.1, -0.05) is 13.3 Å². The van der Waals surface area contributed by atoms with E-state index in [1.54, 1.807) is 18.4 Å². The molecule has 0 saturated heterocycles. The summed E-state index contributed by atoms with van der Waals surface area (Å²) in [4.78, 5) is 14.7. The standard InChI is InChI=1S/C19H21NO2S/c1-4-5-10-20-13(2)11-15-12-17(23-19(15)20)18(21)14-6-8-16(22-3)9-7-14/h6-9,11-12H,4-5,10H2,1-3H3. The van der Waals surface area contributed by atoms with Crippen molar-refractivity contribution < 1.29 is 9.53 Å². The first-order valence-corrected chi connectivity index (χ1v) is 8.74. The summed E-state index contributed by atoms with van der Waals surface area (Å²) < 4.78 is 7.47. The predicted octanol–water partition coefficient (Wildman–Crippen LogP) is 5.05. The number of rotatable bonds is 6. The van der Waals surface area contributed by atoms with Gasteiger partial charge in [-0.15, -0.1) is 11.3 Å². The Kier molecular flexibility index (Phi) is 4.53. The number of hydrogen-bond donors (Lipinski definition) is 0. The maximum atomic E-state index is 12.7. The van der Waals surface area contributed by atoms with Gasteiger partial charge >= 0.3 is 0 Å². The topological polar surface area (TPSA) is 31.2 Å². The first-order valence-electron chi connectivity index (χ1n) is 7.92. The van der Waals surface area contributed by atoms with E-state index < -0.39 is 0 Å². The monoisotopic (exact) mass is 327 g/mol. The van der Waals surface area contributed by atoms with Crippen LogP contribution in [-0.4, -0.2) is 17.5 Å². The Labute approximate surface area is 140 Å². The number of hydrogen-bond acceptors (Lipinski definition) is 3. The van der Waals surface area contributed by atoms with E-state index >= 15 is 0 Å². The molecule has 23 heavy (non-hydrogen) atoms. The van der Waals surface area contributed by atoms with E-state index in [0.717, 1.165) is 23.6 Å². The number of ether oxygens (including phenoxy) is 1. The quantitative estimate of drug-likeness (QED) is 0.593. The fourth-order valence-electron chi connectivity index (χ4n) is 2.76. The molecule has 3 nitrogen and oxygen atoms in total. The molecule has 2 heterocycles. The molecule has 0 aliphatic heterocycles. The number of methoxy groups -OCH3 is 1. The van der Waals surface area contributed by atoms with E-state index in [2.05, 4.69) is 24.5 Å². The molecule has 3 aromatic rings. The number of carbonyl (C=O) groups excluding carboxylic acids is 1. The molecule has 0 unspecified atom stereocenters. The molecule has 0 aliphatic rings. The number of ketones is 1. The molecule has 3 rings (SSSR count). The summed E-state index contributed by atoms with van der Waals surface area (Å²) in [7, 11) is 1.63. The van der Waals surface area contributed by atoms with Gasteiger partial charge in [0.05, 0.1) is 12.0 Å². The van der Waals surface area contributed by atoms with Crippen LogP contribution in [0.5, 0.6) is 5.75 Å². The number of fused-ring (bicyclic) bond motifs is 1. The van der Waals surface area contributed by atoms with Crippen LogP contribution in [0.2, 0.25) is 0 Å². The lowest BCUT2D eigenvalue weighted by molar-refractivity contribution is 0.104. The van der Waals surface area contributed by atoms with E-state index in [4.69, 9.17) is 4.74 Å². The zero-order chi connectivity index (χ0) is 16.4. The number of carbonyl (C=O) groups is 1. The average molecular weight is 327 g/mol. The average Bonchev–Trinajstić information content (AvgIpc) is 3.10. The zero-order valence-corrected chi connectivity index (χ0v) is 14.6. The van der Waals surface area contributed by atoms with Gasteiger partial charge < -0.3 is 9.30 Å². The molecule has 0 saturated carbocycles. The molecular weight excluding hydrogens is 306 g/mol. The highest BCUT2D eigenvalue weighted by Crippen LogP contribution is 2.31. The van der Waals surface area contributed by atoms with Gasteiger partial charge in [0, 0.05) is 23.2 Å². The normalized spacial score (nSPS) is 11.1. The van der Waals surface area contributed by atoms with E-state index in [1.165, 1.54) is 22.3 Å². The Bertz CT molecular complexity index is 827. The minimum atomic E-state index is 0.0774. The summed E-state index contributed by atoms with van der Waals surface area (Å²) in [6.45, 7) is 5.35. The molecule has 0 atom stereocenters. The van der Waals surface area contributed by atoms with Crippen molar-refractivity contribution in [2.45, 2.75) is 33.2 Å². The highest BCUT2D eigenvalue weighted by molar-refractivity contribution is 7.20. The van der Waals surface area contributed by atoms with E-state index in [0.29, 0.717) is 5.56 Å². The Morgan fingerprint density at radius 1 is 1.22 bits per heavy atom. The van der Waals surface area contributed by atoms with E-state index in [9.17, 15) is 4.79 Å². The number of aromatic nitrogens is 1. The maximum Gasteiger partial charge on any atom is 0.203 e. The Morgan fingerprint density at radius 2 is 1.96 bits per heavy atom. The summed E-state index contributed by atoms with van der Waals surface area (Å²) in [6.07, 6.45) is 2.33. The van der Waals surface area contributed by atoms with Crippen LogP contribution in [-0.2, 0) is 6.54 Å². The fourth-order valence-corrected chi connectivity index (χ4v) is 3.95. The Morgan fingerprint density at radius 3 is 2.61 bits per heavy atom. The van der Waals surface area contributed by atoms with Crippen molar-refractivity contribution >= 4 is 27.3 Å². The van der Waals surface area contributed by atoms with Crippen molar-refractivity contribution in [3.8, 4) is 5.75 Å². The van der Waals surface area contributed by atoms with Gasteiger partial charge in [-0.2, -0.15) is 0 Å². The van der Waals surface area contributed by atoms with Crippen LogP contribution in [0.3, 0.4) is 0 Å². The van der Waals surface area contributed by atoms with Crippen molar-refractivity contribution in [1.82, 2.24) is 4.57 Å². The lowest BCUT2D eigenvalue weighted by Gasteiger charge is -2.05. The second-order valence-electron chi connectivity index (χ2n) is 5.72. The van der Waals surface area contributed by atoms with Crippen LogP contribution < -0.4 is 4.74 Å². The van der Waals surface area contributed by atoms with Crippen LogP contribution in [0.1, 0.15) is 40.7 Å². The molecule has 0 fully saturated rings. The summed E-state index contributed by atoms with van der Waals surface area (Å²) in [5.41, 5.74) is 1.97. The predicted molar refractivity (Wildman–Crippen MR) is 95.9 cm³/mol. The molecular formula is C19H21NO2S. The van der Waals surface area contributed by atoms with Crippen molar-refractivity contribution in [3.05, 3.63) is 52.5 Å². The lowest BCUT2D eigenvalue weighted by Crippen LogP contribution is -1.99. The van der Waals surface area contributed by atoms with Gasteiger partial charge in [-0.3, -0.25) is 4.79 Å². The number of nitrogens with zero attached hydrogens (tertiary/aromatic N) is 1. The highest BCUT2D eigenvalue weighted by atomic mass is 32.1. The van der Waals surface area contributed by atoms with Crippen molar-refractivity contribution in [2.75, 3.05) is 7.11 Å². The molecule has 0 N–H and O–H groups in total. The zero-order valence-electron chi connectivity index (χ0n) is 13.8. The second kappa shape index (κ2) is 6.59. The van der Waals surface area contributed by atoms with Crippen LogP contribution in [0.15, 0.2) is 36.4 Å². The van der Waals surface area contributed by atoms with Crippen LogP contribution >= 0.6 is 11.3 Å². The smallest absolute Gasteiger partial charge is 0.203 e. The molecule has 0 radical (unpaired) electrons. The van der Waals surface area contributed by atoms with Gasteiger partial charge in [-0.25, -0.2) is 0 Å². The number of unbranched alkanes of at least 4 members (excludes halogenated alkanes) is 1. The summed E-state index contributed by atoms with van der Waals surface area (Å²) in [6, 6.07) is 11.5. The van der Waals surface area contributed by atoms with Crippen molar-refractivity contribution in [1.29, 1.82) is 0 Å². The van der Waals surface area contributed by atoms with Crippen LogP contribution in [0, 0.1) is 6.92 Å².